The highest BCUT2D eigenvalue weighted by atomic mass is 35.5. The Hall–Kier alpha value is -2.31. The number of carbonyl (C=O) groups excluding carboxylic acids is 1. The molecule has 6 nitrogen and oxygen atoms in total. The number of anilines is 1. The van der Waals surface area contributed by atoms with Gasteiger partial charge in [0.1, 0.15) is 11.6 Å². The van der Waals surface area contributed by atoms with Crippen LogP contribution in [0.15, 0.2) is 24.4 Å². The fraction of sp³-hybridized carbons (Fsp3) is 0.368. The average molecular weight is 373 g/mol. The van der Waals surface area contributed by atoms with Crippen LogP contribution in [-0.4, -0.2) is 48.1 Å². The number of nitrogens with zero attached hydrogens (tertiary/aromatic N) is 2. The van der Waals surface area contributed by atoms with Crippen LogP contribution in [0, 0.1) is 6.92 Å². The van der Waals surface area contributed by atoms with Crippen molar-refractivity contribution in [2.24, 2.45) is 0 Å². The maximum atomic E-state index is 12.8. The Kier molecular flexibility index (Phi) is 4.46. The first-order valence-electron chi connectivity index (χ1n) is 8.74. The van der Waals surface area contributed by atoms with Crippen molar-refractivity contribution in [3.05, 3.63) is 40.5 Å². The first kappa shape index (κ1) is 17.1. The van der Waals surface area contributed by atoms with Crippen LogP contribution in [0.5, 0.6) is 5.75 Å². The second-order valence-electron chi connectivity index (χ2n) is 6.70. The van der Waals surface area contributed by atoms with Crippen LogP contribution in [0.1, 0.15) is 11.1 Å². The fourth-order valence-corrected chi connectivity index (χ4v) is 3.84. The third-order valence-corrected chi connectivity index (χ3v) is 5.25. The molecule has 0 aliphatic carbocycles. The molecule has 1 fully saturated rings. The maximum absolute atomic E-state index is 12.8. The number of hydrogen-bond donors (Lipinski definition) is 2. The third kappa shape index (κ3) is 2.99. The van der Waals surface area contributed by atoms with Gasteiger partial charge in [0, 0.05) is 54.9 Å². The highest BCUT2D eigenvalue weighted by Crippen LogP contribution is 2.42. The average Bonchev–Trinajstić information content (AvgIpc) is 3.07. The zero-order chi connectivity index (χ0) is 18.3. The lowest BCUT2D eigenvalue weighted by Gasteiger charge is -2.29. The van der Waals surface area contributed by atoms with Gasteiger partial charge in [0.15, 0.2) is 6.10 Å². The highest BCUT2D eigenvalue weighted by molar-refractivity contribution is 6.31. The van der Waals surface area contributed by atoms with Crippen LogP contribution in [0.25, 0.3) is 11.1 Å². The van der Waals surface area contributed by atoms with Gasteiger partial charge in [-0.15, -0.1) is 0 Å². The number of piperazine rings is 1. The van der Waals surface area contributed by atoms with Crippen LogP contribution in [-0.2, 0) is 11.2 Å². The molecule has 2 aromatic rings. The van der Waals surface area contributed by atoms with Gasteiger partial charge in [-0.05, 0) is 36.2 Å². The number of rotatable bonds is 2. The molecule has 1 amide bonds. The van der Waals surface area contributed by atoms with Gasteiger partial charge in [-0.1, -0.05) is 11.6 Å². The lowest BCUT2D eigenvalue weighted by molar-refractivity contribution is -0.138. The summed E-state index contributed by atoms with van der Waals surface area (Å²) in [6, 6.07) is 5.64. The molecule has 0 bridgehead atoms. The smallest absolute Gasteiger partial charge is 0.264 e. The number of nitrogens with two attached hydrogens (primary N) is 1. The normalized spacial score (nSPS) is 19.2. The van der Waals surface area contributed by atoms with Crippen LogP contribution in [0.4, 0.5) is 5.82 Å². The molecule has 1 saturated heterocycles. The second-order valence-corrected chi connectivity index (χ2v) is 7.13. The molecule has 26 heavy (non-hydrogen) atoms. The molecule has 4 rings (SSSR count). The number of fused-ring (bicyclic) bond motifs is 1. The molecule has 1 atom stereocenters. The van der Waals surface area contributed by atoms with Gasteiger partial charge in [0.2, 0.25) is 0 Å². The van der Waals surface area contributed by atoms with Crippen molar-refractivity contribution in [2.45, 2.75) is 19.4 Å². The lowest BCUT2D eigenvalue weighted by Crippen LogP contribution is -2.50. The van der Waals surface area contributed by atoms with Crippen molar-refractivity contribution in [2.75, 3.05) is 31.9 Å². The van der Waals surface area contributed by atoms with E-state index >= 15 is 0 Å². The van der Waals surface area contributed by atoms with E-state index in [-0.39, 0.29) is 5.91 Å². The number of hydrogen-bond acceptors (Lipinski definition) is 5. The molecular weight excluding hydrogens is 352 g/mol. The molecule has 7 heteroatoms. The zero-order valence-corrected chi connectivity index (χ0v) is 15.3. The van der Waals surface area contributed by atoms with Gasteiger partial charge in [-0.25, -0.2) is 4.98 Å². The van der Waals surface area contributed by atoms with Crippen LogP contribution < -0.4 is 15.8 Å². The number of halogens is 1. The molecule has 0 radical (unpaired) electrons. The number of ether oxygens (including phenoxy) is 1. The first-order valence-corrected chi connectivity index (χ1v) is 9.12. The molecule has 2 aliphatic rings. The number of nitrogens with one attached hydrogen (secondary N) is 1. The Balaban J connectivity index is 1.68. The molecule has 3 N–H and O–H groups in total. The summed E-state index contributed by atoms with van der Waals surface area (Å²) in [4.78, 5) is 18.8. The SMILES string of the molecule is Cc1c(-c2cc(Cl)cc3c2O[C@@H](C(=O)N2CCNCC2)C3)ccnc1N. The molecule has 2 aliphatic heterocycles. The molecule has 0 unspecified atom stereocenters. The van der Waals surface area contributed by atoms with Gasteiger partial charge >= 0.3 is 0 Å². The summed E-state index contributed by atoms with van der Waals surface area (Å²) in [6.07, 6.45) is 1.70. The quantitative estimate of drug-likeness (QED) is 0.843. The van der Waals surface area contributed by atoms with Crippen molar-refractivity contribution in [1.82, 2.24) is 15.2 Å². The van der Waals surface area contributed by atoms with Crippen LogP contribution in [0.2, 0.25) is 5.02 Å². The summed E-state index contributed by atoms with van der Waals surface area (Å²) in [5, 5.41) is 3.87. The minimum absolute atomic E-state index is 0.0377. The maximum Gasteiger partial charge on any atom is 0.264 e. The Morgan fingerprint density at radius 2 is 2.12 bits per heavy atom. The summed E-state index contributed by atoms with van der Waals surface area (Å²) in [5.74, 6) is 1.23. The van der Waals surface area contributed by atoms with E-state index < -0.39 is 6.10 Å². The summed E-state index contributed by atoms with van der Waals surface area (Å²) >= 11 is 6.34. The van der Waals surface area contributed by atoms with Crippen LogP contribution >= 0.6 is 11.6 Å². The Morgan fingerprint density at radius 3 is 2.88 bits per heavy atom. The first-order chi connectivity index (χ1) is 12.5. The highest BCUT2D eigenvalue weighted by Gasteiger charge is 2.35. The van der Waals surface area contributed by atoms with E-state index in [1.54, 1.807) is 6.20 Å². The monoisotopic (exact) mass is 372 g/mol. The van der Waals surface area contributed by atoms with Crippen LogP contribution in [0.3, 0.4) is 0 Å². The zero-order valence-electron chi connectivity index (χ0n) is 14.6. The van der Waals surface area contributed by atoms with E-state index in [1.165, 1.54) is 0 Å². The molecule has 136 valence electrons. The van der Waals surface area contributed by atoms with Crippen molar-refractivity contribution < 1.29 is 9.53 Å². The standard InChI is InChI=1S/C19H21ClN4O2/c1-11-14(2-3-23-18(11)21)15-10-13(20)8-12-9-16(26-17(12)15)19(25)24-6-4-22-5-7-24/h2-3,8,10,16,22H,4-7,9H2,1H3,(H2,21,23)/t16-/m1/s1. The molecule has 0 spiro atoms. The Morgan fingerprint density at radius 1 is 1.35 bits per heavy atom. The van der Waals surface area contributed by atoms with Crippen molar-refractivity contribution >= 4 is 23.3 Å². The van der Waals surface area contributed by atoms with E-state index in [0.29, 0.717) is 30.4 Å². The molecule has 1 aromatic carbocycles. The number of aromatic nitrogens is 1. The second kappa shape index (κ2) is 6.78. The molecule has 0 saturated carbocycles. The van der Waals surface area contributed by atoms with Crippen molar-refractivity contribution in [3.8, 4) is 16.9 Å². The number of amides is 1. The fourth-order valence-electron chi connectivity index (χ4n) is 3.59. The van der Waals surface area contributed by atoms with E-state index in [2.05, 4.69) is 10.3 Å². The lowest BCUT2D eigenvalue weighted by atomic mass is 9.98. The van der Waals surface area contributed by atoms with Gasteiger partial charge in [0.05, 0.1) is 0 Å². The van der Waals surface area contributed by atoms with Crippen molar-refractivity contribution in [3.63, 3.8) is 0 Å². The molecular formula is C19H21ClN4O2. The van der Waals surface area contributed by atoms with Crippen molar-refractivity contribution in [1.29, 1.82) is 0 Å². The molecule has 3 heterocycles. The largest absolute Gasteiger partial charge is 0.479 e. The summed E-state index contributed by atoms with van der Waals surface area (Å²) in [5.41, 5.74) is 9.57. The van der Waals surface area contributed by atoms with E-state index in [1.807, 2.05) is 30.0 Å². The minimum Gasteiger partial charge on any atom is -0.479 e. The Bertz CT molecular complexity index is 865. The predicted molar refractivity (Wildman–Crippen MR) is 101 cm³/mol. The van der Waals surface area contributed by atoms with Gasteiger partial charge in [-0.3, -0.25) is 4.79 Å². The summed E-state index contributed by atoms with van der Waals surface area (Å²) in [6.45, 7) is 4.98. The van der Waals surface area contributed by atoms with E-state index in [9.17, 15) is 4.79 Å². The Labute approximate surface area is 157 Å². The predicted octanol–water partition coefficient (Wildman–Crippen LogP) is 2.03. The summed E-state index contributed by atoms with van der Waals surface area (Å²) in [7, 11) is 0. The van der Waals surface area contributed by atoms with Gasteiger partial charge in [-0.2, -0.15) is 0 Å². The minimum atomic E-state index is -0.500. The van der Waals surface area contributed by atoms with Gasteiger partial charge in [0.25, 0.3) is 5.91 Å². The van der Waals surface area contributed by atoms with E-state index in [0.717, 1.165) is 41.1 Å². The number of carbonyl (C=O) groups is 1. The third-order valence-electron chi connectivity index (χ3n) is 5.03. The number of pyridine rings is 1. The summed E-state index contributed by atoms with van der Waals surface area (Å²) < 4.78 is 6.13. The topological polar surface area (TPSA) is 80.5 Å². The number of nitrogen functional groups attached to an aromatic ring is 1. The van der Waals surface area contributed by atoms with Gasteiger partial charge < -0.3 is 20.7 Å². The molecule has 1 aromatic heterocycles. The van der Waals surface area contributed by atoms with E-state index in [4.69, 9.17) is 22.1 Å². The number of benzene rings is 1.